The molecule has 132 valence electrons. The molecule has 3 rings (SSSR count). The third-order valence-electron chi connectivity index (χ3n) is 4.10. The van der Waals surface area contributed by atoms with Gasteiger partial charge in [-0.3, -0.25) is 9.59 Å². The first-order valence-corrected chi connectivity index (χ1v) is 8.44. The van der Waals surface area contributed by atoms with Gasteiger partial charge >= 0.3 is 0 Å². The third-order valence-corrected chi connectivity index (χ3v) is 4.38. The van der Waals surface area contributed by atoms with Crippen molar-refractivity contribution in [3.05, 3.63) is 68.8 Å². The average Bonchev–Trinajstić information content (AvgIpc) is 3.09. The number of ether oxygens (including phenoxy) is 1. The summed E-state index contributed by atoms with van der Waals surface area (Å²) in [6, 6.07) is 7.47. The minimum Gasteiger partial charge on any atom is -0.376 e. The van der Waals surface area contributed by atoms with E-state index < -0.39 is 5.56 Å². The number of rotatable bonds is 5. The summed E-state index contributed by atoms with van der Waals surface area (Å²) in [5, 5.41) is -0.0475. The van der Waals surface area contributed by atoms with Gasteiger partial charge in [0.1, 0.15) is 10.8 Å². The van der Waals surface area contributed by atoms with Crippen molar-refractivity contribution in [2.75, 3.05) is 13.2 Å². The quantitative estimate of drug-likeness (QED) is 0.887. The van der Waals surface area contributed by atoms with E-state index in [4.69, 9.17) is 16.3 Å². The molecule has 1 aromatic heterocycles. The predicted molar refractivity (Wildman–Crippen MR) is 92.2 cm³/mol. The largest absolute Gasteiger partial charge is 0.376 e. The van der Waals surface area contributed by atoms with Gasteiger partial charge < -0.3 is 14.6 Å². The van der Waals surface area contributed by atoms with Gasteiger partial charge in [-0.2, -0.15) is 0 Å². The van der Waals surface area contributed by atoms with Crippen LogP contribution in [0.3, 0.4) is 0 Å². The summed E-state index contributed by atoms with van der Waals surface area (Å²) in [7, 11) is 0. The lowest BCUT2D eigenvalue weighted by Crippen LogP contribution is -2.37. The molecule has 1 aromatic carbocycles. The van der Waals surface area contributed by atoms with Crippen molar-refractivity contribution < 1.29 is 13.9 Å². The Labute approximate surface area is 149 Å². The number of hydrogen-bond acceptors (Lipinski definition) is 3. The number of aromatic nitrogens is 1. The number of carbonyl (C=O) groups excluding carboxylic acids is 1. The topological polar surface area (TPSA) is 62.4 Å². The molecule has 25 heavy (non-hydrogen) atoms. The first-order chi connectivity index (χ1) is 12.0. The van der Waals surface area contributed by atoms with Crippen molar-refractivity contribution >= 4 is 17.5 Å². The Morgan fingerprint density at radius 3 is 2.92 bits per heavy atom. The van der Waals surface area contributed by atoms with Gasteiger partial charge in [-0.05, 0) is 36.6 Å². The highest BCUT2D eigenvalue weighted by molar-refractivity contribution is 6.30. The molecule has 5 nitrogen and oxygen atoms in total. The van der Waals surface area contributed by atoms with E-state index in [0.717, 1.165) is 12.8 Å². The smallest absolute Gasteiger partial charge is 0.266 e. The highest BCUT2D eigenvalue weighted by Gasteiger charge is 2.24. The fourth-order valence-corrected chi connectivity index (χ4v) is 3.04. The zero-order chi connectivity index (χ0) is 17.8. The molecule has 1 N–H and O–H groups in total. The third kappa shape index (κ3) is 4.46. The van der Waals surface area contributed by atoms with E-state index in [1.165, 1.54) is 24.4 Å². The Morgan fingerprint density at radius 2 is 2.24 bits per heavy atom. The Morgan fingerprint density at radius 1 is 1.40 bits per heavy atom. The monoisotopic (exact) mass is 364 g/mol. The molecular formula is C18H18ClFN2O3. The normalized spacial score (nSPS) is 16.8. The van der Waals surface area contributed by atoms with E-state index in [9.17, 15) is 14.0 Å². The van der Waals surface area contributed by atoms with Crippen LogP contribution >= 0.6 is 11.6 Å². The fourth-order valence-electron chi connectivity index (χ4n) is 2.87. The van der Waals surface area contributed by atoms with E-state index in [0.29, 0.717) is 18.7 Å². The highest BCUT2D eigenvalue weighted by Crippen LogP contribution is 2.18. The number of nitrogens with zero attached hydrogens (tertiary/aromatic N) is 1. The standard InChI is InChI=1S/C18H18ClFN2O3/c19-16-8-13(9-21-17(16)23)18(24)22(11-15-5-2-6-25-15)10-12-3-1-4-14(20)7-12/h1,3-4,7-9,15H,2,5-6,10-11H2,(H,21,23)/t15-/m1/s1. The van der Waals surface area contributed by atoms with Gasteiger partial charge in [0.2, 0.25) is 0 Å². The lowest BCUT2D eigenvalue weighted by Gasteiger charge is -2.25. The molecule has 0 spiro atoms. The molecule has 2 aromatic rings. The molecule has 0 aliphatic carbocycles. The summed E-state index contributed by atoms with van der Waals surface area (Å²) in [5.74, 6) is -0.646. The van der Waals surface area contributed by atoms with Crippen LogP contribution in [-0.2, 0) is 11.3 Å². The maximum atomic E-state index is 13.5. The van der Waals surface area contributed by atoms with Crippen LogP contribution in [0.1, 0.15) is 28.8 Å². The number of H-pyrrole nitrogens is 1. The molecule has 0 unspecified atom stereocenters. The van der Waals surface area contributed by atoms with Crippen LogP contribution in [0.5, 0.6) is 0 Å². The number of aromatic amines is 1. The zero-order valence-corrected chi connectivity index (χ0v) is 14.3. The second-order valence-corrected chi connectivity index (χ2v) is 6.42. The molecule has 7 heteroatoms. The summed E-state index contributed by atoms with van der Waals surface area (Å²) in [6.45, 7) is 1.32. The van der Waals surface area contributed by atoms with E-state index in [1.54, 1.807) is 17.0 Å². The van der Waals surface area contributed by atoms with Crippen molar-refractivity contribution in [2.45, 2.75) is 25.5 Å². The van der Waals surface area contributed by atoms with Gasteiger partial charge in [-0.1, -0.05) is 23.7 Å². The minimum atomic E-state index is -0.450. The van der Waals surface area contributed by atoms with Crippen LogP contribution in [0.2, 0.25) is 5.02 Å². The summed E-state index contributed by atoms with van der Waals surface area (Å²) in [6.07, 6.45) is 3.12. The van der Waals surface area contributed by atoms with Crippen LogP contribution in [-0.4, -0.2) is 35.0 Å². The van der Waals surface area contributed by atoms with Gasteiger partial charge in [0, 0.05) is 25.9 Å². The van der Waals surface area contributed by atoms with Crippen LogP contribution in [0.4, 0.5) is 4.39 Å². The highest BCUT2D eigenvalue weighted by atomic mass is 35.5. The number of benzene rings is 1. The summed E-state index contributed by atoms with van der Waals surface area (Å²) in [4.78, 5) is 28.3. The molecule has 0 saturated carbocycles. The number of hydrogen-bond donors (Lipinski definition) is 1. The van der Waals surface area contributed by atoms with Crippen LogP contribution < -0.4 is 5.56 Å². The maximum Gasteiger partial charge on any atom is 0.266 e. The number of nitrogens with one attached hydrogen (secondary N) is 1. The van der Waals surface area contributed by atoms with Crippen molar-refractivity contribution in [3.8, 4) is 0 Å². The first-order valence-electron chi connectivity index (χ1n) is 8.06. The minimum absolute atomic E-state index is 0.0456. The van der Waals surface area contributed by atoms with Gasteiger partial charge in [0.05, 0.1) is 11.7 Å². The average molecular weight is 365 g/mol. The first kappa shape index (κ1) is 17.6. The van der Waals surface area contributed by atoms with Crippen molar-refractivity contribution in [2.24, 2.45) is 0 Å². The van der Waals surface area contributed by atoms with Crippen molar-refractivity contribution in [1.82, 2.24) is 9.88 Å². The SMILES string of the molecule is O=C(c1c[nH]c(=O)c(Cl)c1)N(Cc1cccc(F)c1)C[C@H]1CCCO1. The number of carbonyl (C=O) groups is 1. The lowest BCUT2D eigenvalue weighted by atomic mass is 10.1. The van der Waals surface area contributed by atoms with Gasteiger partial charge in [0.15, 0.2) is 0 Å². The maximum absolute atomic E-state index is 13.5. The van der Waals surface area contributed by atoms with Crippen LogP contribution in [0, 0.1) is 5.82 Å². The Kier molecular flexibility index (Phi) is 5.50. The van der Waals surface area contributed by atoms with Gasteiger partial charge in [0.25, 0.3) is 11.5 Å². The molecule has 2 heterocycles. The number of pyridine rings is 1. The second-order valence-electron chi connectivity index (χ2n) is 6.02. The molecule has 1 fully saturated rings. The van der Waals surface area contributed by atoms with Gasteiger partial charge in [-0.25, -0.2) is 4.39 Å². The molecule has 1 aliphatic rings. The van der Waals surface area contributed by atoms with Crippen LogP contribution in [0.25, 0.3) is 0 Å². The predicted octanol–water partition coefficient (Wildman–Crippen LogP) is 2.99. The number of amides is 1. The Bertz CT molecular complexity index is 818. The molecular weight excluding hydrogens is 347 g/mol. The van der Waals surface area contributed by atoms with E-state index in [-0.39, 0.29) is 35.0 Å². The molecule has 1 aliphatic heterocycles. The lowest BCUT2D eigenvalue weighted by molar-refractivity contribution is 0.0506. The molecule has 1 atom stereocenters. The fraction of sp³-hybridized carbons (Fsp3) is 0.333. The van der Waals surface area contributed by atoms with Crippen molar-refractivity contribution in [1.29, 1.82) is 0 Å². The summed E-state index contributed by atoms with van der Waals surface area (Å²) < 4.78 is 19.1. The van der Waals surface area contributed by atoms with Crippen molar-refractivity contribution in [3.63, 3.8) is 0 Å². The summed E-state index contributed by atoms with van der Waals surface area (Å²) >= 11 is 5.83. The zero-order valence-electron chi connectivity index (χ0n) is 13.5. The van der Waals surface area contributed by atoms with E-state index in [2.05, 4.69) is 4.98 Å². The van der Waals surface area contributed by atoms with Gasteiger partial charge in [-0.15, -0.1) is 0 Å². The molecule has 1 amide bonds. The Balaban J connectivity index is 1.84. The number of halogens is 2. The van der Waals surface area contributed by atoms with E-state index >= 15 is 0 Å². The Hall–Kier alpha value is -2.18. The molecule has 0 radical (unpaired) electrons. The van der Waals surface area contributed by atoms with Crippen LogP contribution in [0.15, 0.2) is 41.3 Å². The van der Waals surface area contributed by atoms with E-state index in [1.807, 2.05) is 0 Å². The molecule has 0 bridgehead atoms. The summed E-state index contributed by atoms with van der Waals surface area (Å²) in [5.41, 5.74) is 0.509. The second kappa shape index (κ2) is 7.80. The molecule has 1 saturated heterocycles.